The largest absolute Gasteiger partial charge is 0.408 e. The van der Waals surface area contributed by atoms with Gasteiger partial charge in [-0.25, -0.2) is 14.8 Å². The molecule has 0 radical (unpaired) electrons. The van der Waals surface area contributed by atoms with Gasteiger partial charge in [-0.15, -0.1) is 0 Å². The van der Waals surface area contributed by atoms with E-state index in [1.807, 2.05) is 0 Å². The van der Waals surface area contributed by atoms with E-state index < -0.39 is 5.63 Å². The molecule has 0 aliphatic carbocycles. The number of rotatable bonds is 0. The Morgan fingerprint density at radius 3 is 3.08 bits per heavy atom. The zero-order chi connectivity index (χ0) is 9.42. The van der Waals surface area contributed by atoms with Crippen molar-refractivity contribution in [3.8, 4) is 0 Å². The Kier molecular flexibility index (Phi) is 1.77. The van der Waals surface area contributed by atoms with E-state index in [4.69, 9.17) is 16.0 Å². The summed E-state index contributed by atoms with van der Waals surface area (Å²) in [6.07, 6.45) is 1.45. The van der Waals surface area contributed by atoms with Crippen molar-refractivity contribution in [1.82, 2.24) is 9.97 Å². The van der Waals surface area contributed by atoms with Crippen LogP contribution in [0.3, 0.4) is 0 Å². The Bertz CT molecular complexity index is 521. The number of pyridine rings is 1. The maximum Gasteiger partial charge on any atom is 0.346 e. The molecule has 0 spiro atoms. The topological polar surface area (TPSA) is 56.0 Å². The van der Waals surface area contributed by atoms with Crippen LogP contribution >= 0.6 is 11.6 Å². The maximum absolute atomic E-state index is 11.3. The van der Waals surface area contributed by atoms with Gasteiger partial charge in [-0.2, -0.15) is 0 Å². The summed E-state index contributed by atoms with van der Waals surface area (Å²) in [6.45, 7) is 1.61. The predicted octanol–water partition coefficient (Wildman–Crippen LogP) is 1.54. The first-order valence-corrected chi connectivity index (χ1v) is 3.97. The lowest BCUT2D eigenvalue weighted by Crippen LogP contribution is -2.03. The molecule has 2 rings (SSSR count). The Morgan fingerprint density at radius 1 is 1.54 bits per heavy atom. The van der Waals surface area contributed by atoms with Gasteiger partial charge in [0.15, 0.2) is 5.89 Å². The summed E-state index contributed by atoms with van der Waals surface area (Å²) in [5.74, 6) is 0.321. The molecule has 0 bridgehead atoms. The fourth-order valence-corrected chi connectivity index (χ4v) is 1.21. The highest BCUT2D eigenvalue weighted by Gasteiger charge is 2.03. The quantitative estimate of drug-likeness (QED) is 0.600. The lowest BCUT2D eigenvalue weighted by atomic mass is 10.3. The molecule has 0 aromatic carbocycles. The van der Waals surface area contributed by atoms with Crippen LogP contribution in [-0.2, 0) is 0 Å². The molecule has 0 amide bonds. The van der Waals surface area contributed by atoms with Gasteiger partial charge in [0.2, 0.25) is 0 Å². The number of halogens is 1. The number of fused-ring (bicyclic) bond motifs is 1. The first-order valence-electron chi connectivity index (χ1n) is 3.60. The fourth-order valence-electron chi connectivity index (χ4n) is 1.06. The third-order valence-electron chi connectivity index (χ3n) is 1.59. The highest BCUT2D eigenvalue weighted by molar-refractivity contribution is 6.29. The molecular formula is C8H5ClN2O2. The van der Waals surface area contributed by atoms with Crippen molar-refractivity contribution >= 4 is 22.5 Å². The second-order valence-electron chi connectivity index (χ2n) is 2.54. The Balaban J connectivity index is 2.95. The summed E-state index contributed by atoms with van der Waals surface area (Å²) in [7, 11) is 0. The highest BCUT2D eigenvalue weighted by Crippen LogP contribution is 2.11. The summed E-state index contributed by atoms with van der Waals surface area (Å²) < 4.78 is 4.79. The average Bonchev–Trinajstić information content (AvgIpc) is 2.06. The summed E-state index contributed by atoms with van der Waals surface area (Å²) >= 11 is 5.61. The number of hydrogen-bond acceptors (Lipinski definition) is 4. The lowest BCUT2D eigenvalue weighted by Gasteiger charge is -1.95. The van der Waals surface area contributed by atoms with Gasteiger partial charge in [-0.3, -0.25) is 0 Å². The van der Waals surface area contributed by atoms with Gasteiger partial charge in [0, 0.05) is 6.92 Å². The molecule has 66 valence electrons. The summed E-state index contributed by atoms with van der Waals surface area (Å²) in [4.78, 5) is 19.1. The molecule has 0 atom stereocenters. The van der Waals surface area contributed by atoms with E-state index in [9.17, 15) is 4.79 Å². The van der Waals surface area contributed by atoms with E-state index in [0.717, 1.165) is 0 Å². The van der Waals surface area contributed by atoms with Crippen molar-refractivity contribution in [1.29, 1.82) is 0 Å². The molecular weight excluding hydrogens is 192 g/mol. The van der Waals surface area contributed by atoms with Gasteiger partial charge in [0.25, 0.3) is 0 Å². The van der Waals surface area contributed by atoms with Crippen LogP contribution in [0.5, 0.6) is 0 Å². The molecule has 2 aromatic rings. The van der Waals surface area contributed by atoms with Gasteiger partial charge in [-0.1, -0.05) is 11.6 Å². The van der Waals surface area contributed by atoms with Crippen LogP contribution < -0.4 is 5.63 Å². The molecule has 0 saturated carbocycles. The number of nitrogens with zero attached hydrogens (tertiary/aromatic N) is 2. The van der Waals surface area contributed by atoms with Crippen LogP contribution in [0.1, 0.15) is 5.89 Å². The van der Waals surface area contributed by atoms with Crippen molar-refractivity contribution in [2.45, 2.75) is 6.92 Å². The molecule has 0 aliphatic heterocycles. The summed E-state index contributed by atoms with van der Waals surface area (Å²) in [6, 6.07) is 1.44. The summed E-state index contributed by atoms with van der Waals surface area (Å²) in [5.41, 5.74) is 0.0601. The van der Waals surface area contributed by atoms with Crippen molar-refractivity contribution in [3.63, 3.8) is 0 Å². The first-order chi connectivity index (χ1) is 6.16. The van der Waals surface area contributed by atoms with Crippen molar-refractivity contribution in [3.05, 3.63) is 33.7 Å². The molecule has 4 nitrogen and oxygen atoms in total. The third-order valence-corrected chi connectivity index (χ3v) is 1.79. The van der Waals surface area contributed by atoms with Gasteiger partial charge in [0.05, 0.1) is 17.1 Å². The van der Waals surface area contributed by atoms with Gasteiger partial charge < -0.3 is 4.42 Å². The summed E-state index contributed by atoms with van der Waals surface area (Å²) in [5, 5.41) is 0.607. The van der Waals surface area contributed by atoms with E-state index in [2.05, 4.69) is 9.97 Å². The zero-order valence-electron chi connectivity index (χ0n) is 6.74. The number of aryl methyl sites for hydroxylation is 1. The minimum absolute atomic E-state index is 0.255. The van der Waals surface area contributed by atoms with Crippen molar-refractivity contribution < 1.29 is 4.42 Å². The SMILES string of the molecule is Cc1nc2cnc(Cl)cc2c(=O)o1. The monoisotopic (exact) mass is 196 g/mol. The van der Waals surface area contributed by atoms with E-state index in [-0.39, 0.29) is 5.15 Å². The molecule has 5 heteroatoms. The van der Waals surface area contributed by atoms with E-state index in [1.54, 1.807) is 6.92 Å². The minimum atomic E-state index is -0.438. The van der Waals surface area contributed by atoms with Crippen LogP contribution in [0.15, 0.2) is 21.5 Å². The predicted molar refractivity (Wildman–Crippen MR) is 47.8 cm³/mol. The van der Waals surface area contributed by atoms with E-state index >= 15 is 0 Å². The highest BCUT2D eigenvalue weighted by atomic mass is 35.5. The van der Waals surface area contributed by atoms with E-state index in [1.165, 1.54) is 12.3 Å². The van der Waals surface area contributed by atoms with Crippen molar-refractivity contribution in [2.24, 2.45) is 0 Å². The molecule has 0 saturated heterocycles. The van der Waals surface area contributed by atoms with E-state index in [0.29, 0.717) is 16.8 Å². The van der Waals surface area contributed by atoms with Gasteiger partial charge in [0.1, 0.15) is 5.15 Å². The molecule has 0 N–H and O–H groups in total. The Morgan fingerprint density at radius 2 is 2.31 bits per heavy atom. The first kappa shape index (κ1) is 8.19. The normalized spacial score (nSPS) is 10.6. The molecule has 13 heavy (non-hydrogen) atoms. The third kappa shape index (κ3) is 1.40. The fraction of sp³-hybridized carbons (Fsp3) is 0.125. The standard InChI is InChI=1S/C8H5ClN2O2/c1-4-11-6-3-10-7(9)2-5(6)8(12)13-4/h2-3H,1H3. The molecule has 2 aromatic heterocycles. The second-order valence-corrected chi connectivity index (χ2v) is 2.93. The van der Waals surface area contributed by atoms with Crippen LogP contribution in [0.2, 0.25) is 5.15 Å². The average molecular weight is 197 g/mol. The minimum Gasteiger partial charge on any atom is -0.408 e. The maximum atomic E-state index is 11.3. The molecule has 0 fully saturated rings. The molecule has 0 unspecified atom stereocenters. The number of hydrogen-bond donors (Lipinski definition) is 0. The van der Waals surface area contributed by atoms with Crippen LogP contribution in [0, 0.1) is 6.92 Å². The Hall–Kier alpha value is -1.42. The number of aromatic nitrogens is 2. The van der Waals surface area contributed by atoms with Crippen molar-refractivity contribution in [2.75, 3.05) is 0 Å². The Labute approximate surface area is 78.2 Å². The second kappa shape index (κ2) is 2.81. The lowest BCUT2D eigenvalue weighted by molar-refractivity contribution is 0.467. The zero-order valence-corrected chi connectivity index (χ0v) is 7.50. The molecule has 2 heterocycles. The smallest absolute Gasteiger partial charge is 0.346 e. The van der Waals surface area contributed by atoms with Crippen LogP contribution in [0.4, 0.5) is 0 Å². The van der Waals surface area contributed by atoms with Crippen LogP contribution in [-0.4, -0.2) is 9.97 Å². The van der Waals surface area contributed by atoms with Gasteiger partial charge >= 0.3 is 5.63 Å². The van der Waals surface area contributed by atoms with Gasteiger partial charge in [-0.05, 0) is 6.07 Å². The van der Waals surface area contributed by atoms with Crippen LogP contribution in [0.25, 0.3) is 10.9 Å². The molecule has 0 aliphatic rings.